The van der Waals surface area contributed by atoms with Crippen molar-refractivity contribution >= 4 is 21.7 Å². The average Bonchev–Trinajstić information content (AvgIpc) is 2.82. The summed E-state index contributed by atoms with van der Waals surface area (Å²) in [6.07, 6.45) is 0. The molecule has 1 aromatic carbocycles. The highest BCUT2D eigenvalue weighted by Gasteiger charge is 2.30. The van der Waals surface area contributed by atoms with E-state index in [0.717, 1.165) is 0 Å². The zero-order chi connectivity index (χ0) is 20.8. The van der Waals surface area contributed by atoms with Crippen LogP contribution in [0.4, 0.5) is 5.69 Å². The molecule has 7 nitrogen and oxygen atoms in total. The fraction of sp³-hybridized carbons (Fsp3) is 0.474. The summed E-state index contributed by atoms with van der Waals surface area (Å²) in [5, 5.41) is 13.7. The molecule has 0 fully saturated rings. The summed E-state index contributed by atoms with van der Waals surface area (Å²) >= 11 is 0. The molecule has 8 heteroatoms. The second-order valence-electron chi connectivity index (χ2n) is 8.20. The highest BCUT2D eigenvalue weighted by Crippen LogP contribution is 2.28. The van der Waals surface area contributed by atoms with Crippen molar-refractivity contribution in [1.29, 1.82) is 0 Å². The maximum absolute atomic E-state index is 12.9. The molecule has 2 rings (SSSR count). The molecule has 2 aromatic rings. The van der Waals surface area contributed by atoms with Gasteiger partial charge in [-0.2, -0.15) is 5.10 Å². The van der Waals surface area contributed by atoms with Gasteiger partial charge in [-0.05, 0) is 66.2 Å². The molecular formula is C19H27N3O4S. The highest BCUT2D eigenvalue weighted by atomic mass is 32.2. The van der Waals surface area contributed by atoms with Crippen LogP contribution >= 0.6 is 0 Å². The number of hydrogen-bond acceptors (Lipinski definition) is 4. The molecule has 27 heavy (non-hydrogen) atoms. The van der Waals surface area contributed by atoms with Gasteiger partial charge >= 0.3 is 5.97 Å². The normalized spacial score (nSPS) is 12.9. The number of aromatic nitrogens is 2. The van der Waals surface area contributed by atoms with Crippen molar-refractivity contribution in [3.8, 4) is 0 Å². The van der Waals surface area contributed by atoms with Crippen LogP contribution in [0.5, 0.6) is 0 Å². The minimum absolute atomic E-state index is 0.160. The summed E-state index contributed by atoms with van der Waals surface area (Å²) in [6, 6.07) is 6.36. The predicted octanol–water partition coefficient (Wildman–Crippen LogP) is 3.42. The third-order valence-corrected chi connectivity index (χ3v) is 6.16. The lowest BCUT2D eigenvalue weighted by molar-refractivity contribution is -0.142. The van der Waals surface area contributed by atoms with Gasteiger partial charge in [-0.3, -0.25) is 14.2 Å². The number of aliphatic carboxylic acids is 1. The number of carboxylic acid groups (broad SMARTS) is 1. The van der Waals surface area contributed by atoms with E-state index in [1.165, 1.54) is 0 Å². The topological polar surface area (TPSA) is 101 Å². The van der Waals surface area contributed by atoms with Crippen molar-refractivity contribution in [1.82, 2.24) is 9.78 Å². The number of rotatable bonds is 5. The predicted molar refractivity (Wildman–Crippen MR) is 105 cm³/mol. The van der Waals surface area contributed by atoms with Crippen molar-refractivity contribution in [3.05, 3.63) is 41.2 Å². The maximum Gasteiger partial charge on any atom is 0.313 e. The molecule has 1 aromatic heterocycles. The molecule has 0 aliphatic carbocycles. The molecule has 0 aliphatic rings. The third-order valence-electron chi connectivity index (χ3n) is 4.52. The zero-order valence-electron chi connectivity index (χ0n) is 16.8. The minimum Gasteiger partial charge on any atom is -0.481 e. The largest absolute Gasteiger partial charge is 0.481 e. The van der Waals surface area contributed by atoms with Crippen LogP contribution in [0, 0.1) is 13.8 Å². The van der Waals surface area contributed by atoms with Gasteiger partial charge in [0, 0.05) is 5.69 Å². The van der Waals surface area contributed by atoms with Gasteiger partial charge in [-0.25, -0.2) is 8.42 Å². The highest BCUT2D eigenvalue weighted by molar-refractivity contribution is 7.92. The molecule has 0 amide bonds. The van der Waals surface area contributed by atoms with Crippen LogP contribution < -0.4 is 4.72 Å². The van der Waals surface area contributed by atoms with E-state index in [0.29, 0.717) is 22.6 Å². The first kappa shape index (κ1) is 21.0. The third kappa shape index (κ3) is 4.00. The Morgan fingerprint density at radius 2 is 1.59 bits per heavy atom. The van der Waals surface area contributed by atoms with E-state index in [4.69, 9.17) is 0 Å². The number of nitrogens with one attached hydrogen (secondary N) is 1. The van der Waals surface area contributed by atoms with Crippen molar-refractivity contribution in [2.45, 2.75) is 64.3 Å². The Kier molecular flexibility index (Phi) is 5.18. The Morgan fingerprint density at radius 3 is 2.00 bits per heavy atom. The fourth-order valence-electron chi connectivity index (χ4n) is 2.96. The van der Waals surface area contributed by atoms with Crippen LogP contribution in [0.25, 0.3) is 0 Å². The molecule has 0 saturated carbocycles. The second kappa shape index (κ2) is 6.67. The van der Waals surface area contributed by atoms with Crippen molar-refractivity contribution in [2.24, 2.45) is 0 Å². The number of nitrogens with zero attached hydrogens (tertiary/aromatic N) is 2. The SMILES string of the molecule is Cc1nn(C(C)(C)C)c(C)c1S(=O)(=O)Nc1ccc(C(C)(C)C(=O)O)cc1. The summed E-state index contributed by atoms with van der Waals surface area (Å²) in [7, 11) is -3.83. The molecule has 148 valence electrons. The van der Waals surface area contributed by atoms with Crippen molar-refractivity contribution in [2.75, 3.05) is 4.72 Å². The molecule has 0 atom stereocenters. The first-order valence-electron chi connectivity index (χ1n) is 8.61. The molecule has 1 heterocycles. The van der Waals surface area contributed by atoms with E-state index < -0.39 is 21.4 Å². The van der Waals surface area contributed by atoms with Crippen molar-refractivity contribution in [3.63, 3.8) is 0 Å². The first-order chi connectivity index (χ1) is 12.2. The number of carbonyl (C=O) groups is 1. The van der Waals surface area contributed by atoms with Crippen LogP contribution in [-0.4, -0.2) is 29.3 Å². The van der Waals surface area contributed by atoms with Gasteiger partial charge in [0.2, 0.25) is 0 Å². The number of carboxylic acids is 1. The lowest BCUT2D eigenvalue weighted by atomic mass is 9.85. The monoisotopic (exact) mass is 393 g/mol. The number of anilines is 1. The molecule has 0 aliphatic heterocycles. The molecule has 2 N–H and O–H groups in total. The maximum atomic E-state index is 12.9. The van der Waals surface area contributed by atoms with Gasteiger partial charge in [0.25, 0.3) is 10.0 Å². The van der Waals surface area contributed by atoms with Gasteiger partial charge in [-0.15, -0.1) is 0 Å². The minimum atomic E-state index is -3.83. The van der Waals surface area contributed by atoms with Crippen LogP contribution in [0.15, 0.2) is 29.2 Å². The van der Waals surface area contributed by atoms with E-state index in [1.807, 2.05) is 20.8 Å². The summed E-state index contributed by atoms with van der Waals surface area (Å²) in [5.74, 6) is -0.948. The lowest BCUT2D eigenvalue weighted by Crippen LogP contribution is -2.28. The Balaban J connectivity index is 2.38. The number of sulfonamides is 1. The number of aryl methyl sites for hydroxylation is 1. The number of hydrogen-bond donors (Lipinski definition) is 2. The summed E-state index contributed by atoms with van der Waals surface area (Å²) in [6.45, 7) is 12.5. The molecular weight excluding hydrogens is 366 g/mol. The van der Waals surface area contributed by atoms with Crippen LogP contribution in [-0.2, 0) is 25.8 Å². The summed E-state index contributed by atoms with van der Waals surface area (Å²) in [5.41, 5.74) is 0.549. The Labute approximate surface area is 160 Å². The zero-order valence-corrected chi connectivity index (χ0v) is 17.6. The first-order valence-corrected chi connectivity index (χ1v) is 10.1. The van der Waals surface area contributed by atoms with E-state index >= 15 is 0 Å². The fourth-order valence-corrected chi connectivity index (χ4v) is 4.41. The van der Waals surface area contributed by atoms with Crippen LogP contribution in [0.1, 0.15) is 51.6 Å². The van der Waals surface area contributed by atoms with Crippen molar-refractivity contribution < 1.29 is 18.3 Å². The Hall–Kier alpha value is -2.35. The summed E-state index contributed by atoms with van der Waals surface area (Å²) < 4.78 is 30.1. The Morgan fingerprint density at radius 1 is 1.07 bits per heavy atom. The van der Waals surface area contributed by atoms with Gasteiger partial charge in [-0.1, -0.05) is 12.1 Å². The standard InChI is InChI=1S/C19H27N3O4S/c1-12-16(13(2)22(20-12)18(3,4)5)27(25,26)21-15-10-8-14(9-11-15)19(6,7)17(23)24/h8-11,21H,1-7H3,(H,23,24). The van der Waals surface area contributed by atoms with Gasteiger partial charge < -0.3 is 5.11 Å². The van der Waals surface area contributed by atoms with E-state index in [9.17, 15) is 18.3 Å². The van der Waals surface area contributed by atoms with Crippen LogP contribution in [0.3, 0.4) is 0 Å². The quantitative estimate of drug-likeness (QED) is 0.810. The molecule has 0 radical (unpaired) electrons. The molecule has 0 unspecified atom stereocenters. The van der Waals surface area contributed by atoms with Crippen LogP contribution in [0.2, 0.25) is 0 Å². The molecule has 0 saturated heterocycles. The second-order valence-corrected chi connectivity index (χ2v) is 9.81. The van der Waals surface area contributed by atoms with E-state index in [1.54, 1.807) is 56.6 Å². The average molecular weight is 394 g/mol. The van der Waals surface area contributed by atoms with E-state index in [-0.39, 0.29) is 10.4 Å². The van der Waals surface area contributed by atoms with Gasteiger partial charge in [0.15, 0.2) is 0 Å². The Bertz CT molecular complexity index is 966. The van der Waals surface area contributed by atoms with Gasteiger partial charge in [0.05, 0.1) is 22.3 Å². The lowest BCUT2D eigenvalue weighted by Gasteiger charge is -2.21. The summed E-state index contributed by atoms with van der Waals surface area (Å²) in [4.78, 5) is 11.5. The smallest absolute Gasteiger partial charge is 0.313 e. The van der Waals surface area contributed by atoms with E-state index in [2.05, 4.69) is 9.82 Å². The van der Waals surface area contributed by atoms with Gasteiger partial charge in [0.1, 0.15) is 4.90 Å². The molecule has 0 bridgehead atoms. The number of benzene rings is 1. The molecule has 0 spiro atoms.